The van der Waals surface area contributed by atoms with Crippen molar-refractivity contribution in [1.29, 1.82) is 0 Å². The lowest BCUT2D eigenvalue weighted by molar-refractivity contribution is 0.211. The van der Waals surface area contributed by atoms with Crippen LogP contribution in [0.5, 0.6) is 0 Å². The van der Waals surface area contributed by atoms with Crippen LogP contribution in [-0.2, 0) is 11.0 Å². The standard InChI is InChI=1S/C15H24N2/c1-4-14(2,3)11-5-7-12(8-6-11)15(17)9-13(16)10-15/h5-8,13H,4,9-10,16-17H2,1-3H3. The van der Waals surface area contributed by atoms with Gasteiger partial charge in [0.1, 0.15) is 0 Å². The van der Waals surface area contributed by atoms with Crippen molar-refractivity contribution in [3.8, 4) is 0 Å². The minimum Gasteiger partial charge on any atom is -0.328 e. The molecule has 94 valence electrons. The fourth-order valence-corrected chi connectivity index (χ4v) is 2.57. The van der Waals surface area contributed by atoms with Gasteiger partial charge in [-0.15, -0.1) is 0 Å². The SMILES string of the molecule is CCC(C)(C)c1ccc(C2(N)CC(N)C2)cc1. The summed E-state index contributed by atoms with van der Waals surface area (Å²) in [5.74, 6) is 0. The van der Waals surface area contributed by atoms with Crippen LogP contribution in [0.15, 0.2) is 24.3 Å². The first kappa shape index (κ1) is 12.6. The predicted molar refractivity (Wildman–Crippen MR) is 72.8 cm³/mol. The second-order valence-electron chi connectivity index (χ2n) is 6.14. The first-order valence-corrected chi connectivity index (χ1v) is 6.53. The largest absolute Gasteiger partial charge is 0.328 e. The molecule has 1 aliphatic carbocycles. The summed E-state index contributed by atoms with van der Waals surface area (Å²) in [5.41, 5.74) is 14.8. The zero-order chi connectivity index (χ0) is 12.7. The highest BCUT2D eigenvalue weighted by molar-refractivity contribution is 5.34. The third-order valence-electron chi connectivity index (χ3n) is 4.38. The maximum absolute atomic E-state index is 6.33. The van der Waals surface area contributed by atoms with Gasteiger partial charge in [0.05, 0.1) is 0 Å². The Morgan fingerprint density at radius 1 is 1.24 bits per heavy atom. The molecule has 2 heteroatoms. The molecule has 1 saturated carbocycles. The van der Waals surface area contributed by atoms with Crippen molar-refractivity contribution in [2.75, 3.05) is 0 Å². The Hall–Kier alpha value is -0.860. The number of nitrogens with two attached hydrogens (primary N) is 2. The average Bonchev–Trinajstić information content (AvgIpc) is 2.27. The van der Waals surface area contributed by atoms with E-state index in [9.17, 15) is 0 Å². The Morgan fingerprint density at radius 3 is 2.18 bits per heavy atom. The fourth-order valence-electron chi connectivity index (χ4n) is 2.57. The molecule has 1 aromatic carbocycles. The van der Waals surface area contributed by atoms with E-state index in [1.807, 2.05) is 0 Å². The minimum absolute atomic E-state index is 0.172. The Balaban J connectivity index is 2.19. The van der Waals surface area contributed by atoms with Gasteiger partial charge in [-0.2, -0.15) is 0 Å². The number of rotatable bonds is 3. The van der Waals surface area contributed by atoms with Gasteiger partial charge in [-0.25, -0.2) is 0 Å². The molecular formula is C15H24N2. The summed E-state index contributed by atoms with van der Waals surface area (Å²) >= 11 is 0. The summed E-state index contributed by atoms with van der Waals surface area (Å²) in [6.45, 7) is 6.78. The second kappa shape index (κ2) is 4.11. The molecule has 1 fully saturated rings. The molecule has 0 radical (unpaired) electrons. The molecule has 0 atom stereocenters. The summed E-state index contributed by atoms with van der Waals surface area (Å²) in [4.78, 5) is 0. The smallest absolute Gasteiger partial charge is 0.0439 e. The minimum atomic E-state index is -0.172. The number of hydrogen-bond donors (Lipinski definition) is 2. The fraction of sp³-hybridized carbons (Fsp3) is 0.600. The van der Waals surface area contributed by atoms with Gasteiger partial charge in [-0.3, -0.25) is 0 Å². The van der Waals surface area contributed by atoms with Gasteiger partial charge in [0, 0.05) is 11.6 Å². The Labute approximate surface area is 104 Å². The van der Waals surface area contributed by atoms with Crippen molar-refractivity contribution in [1.82, 2.24) is 0 Å². The summed E-state index contributed by atoms with van der Waals surface area (Å²) in [5, 5.41) is 0. The van der Waals surface area contributed by atoms with Crippen LogP contribution in [0, 0.1) is 0 Å². The maximum Gasteiger partial charge on any atom is 0.0439 e. The highest BCUT2D eigenvalue weighted by Gasteiger charge is 2.40. The quantitative estimate of drug-likeness (QED) is 0.841. The van der Waals surface area contributed by atoms with Gasteiger partial charge in [0.15, 0.2) is 0 Å². The van der Waals surface area contributed by atoms with Crippen LogP contribution >= 0.6 is 0 Å². The van der Waals surface area contributed by atoms with Crippen LogP contribution in [-0.4, -0.2) is 6.04 Å². The average molecular weight is 232 g/mol. The molecule has 0 unspecified atom stereocenters. The van der Waals surface area contributed by atoms with Crippen molar-refractivity contribution in [2.45, 2.75) is 57.0 Å². The van der Waals surface area contributed by atoms with E-state index in [0.29, 0.717) is 0 Å². The lowest BCUT2D eigenvalue weighted by Crippen LogP contribution is -2.55. The highest BCUT2D eigenvalue weighted by atomic mass is 14.9. The molecule has 0 aromatic heterocycles. The Morgan fingerprint density at radius 2 is 1.76 bits per heavy atom. The van der Waals surface area contributed by atoms with E-state index in [1.165, 1.54) is 11.1 Å². The molecule has 0 amide bonds. The lowest BCUT2D eigenvalue weighted by Gasteiger charge is -2.43. The molecule has 0 spiro atoms. The topological polar surface area (TPSA) is 52.0 Å². The van der Waals surface area contributed by atoms with E-state index in [4.69, 9.17) is 11.5 Å². The molecular weight excluding hydrogens is 208 g/mol. The molecule has 17 heavy (non-hydrogen) atoms. The van der Waals surface area contributed by atoms with Crippen LogP contribution in [0.4, 0.5) is 0 Å². The van der Waals surface area contributed by atoms with Crippen LogP contribution < -0.4 is 11.5 Å². The normalized spacial score (nSPS) is 28.9. The monoisotopic (exact) mass is 232 g/mol. The molecule has 0 saturated heterocycles. The van der Waals surface area contributed by atoms with Crippen LogP contribution in [0.2, 0.25) is 0 Å². The van der Waals surface area contributed by atoms with E-state index in [-0.39, 0.29) is 17.0 Å². The van der Waals surface area contributed by atoms with Gasteiger partial charge in [0.25, 0.3) is 0 Å². The molecule has 1 aliphatic rings. The van der Waals surface area contributed by atoms with Crippen molar-refractivity contribution >= 4 is 0 Å². The van der Waals surface area contributed by atoms with Crippen LogP contribution in [0.25, 0.3) is 0 Å². The third kappa shape index (κ3) is 2.24. The predicted octanol–water partition coefficient (Wildman–Crippen LogP) is 2.65. The van der Waals surface area contributed by atoms with E-state index in [2.05, 4.69) is 45.0 Å². The van der Waals surface area contributed by atoms with E-state index in [1.54, 1.807) is 0 Å². The third-order valence-corrected chi connectivity index (χ3v) is 4.38. The van der Waals surface area contributed by atoms with E-state index >= 15 is 0 Å². The molecule has 0 heterocycles. The highest BCUT2D eigenvalue weighted by Crippen LogP contribution is 2.38. The Kier molecular flexibility index (Phi) is 3.04. The molecule has 4 N–H and O–H groups in total. The summed E-state index contributed by atoms with van der Waals surface area (Å²) in [7, 11) is 0. The van der Waals surface area contributed by atoms with Gasteiger partial charge in [0.2, 0.25) is 0 Å². The summed E-state index contributed by atoms with van der Waals surface area (Å²) in [6.07, 6.45) is 2.96. The second-order valence-corrected chi connectivity index (χ2v) is 6.14. The van der Waals surface area contributed by atoms with Crippen molar-refractivity contribution < 1.29 is 0 Å². The van der Waals surface area contributed by atoms with E-state index in [0.717, 1.165) is 19.3 Å². The molecule has 0 aliphatic heterocycles. The molecule has 2 rings (SSSR count). The zero-order valence-electron chi connectivity index (χ0n) is 11.2. The van der Waals surface area contributed by atoms with Crippen LogP contribution in [0.3, 0.4) is 0 Å². The number of benzene rings is 1. The van der Waals surface area contributed by atoms with E-state index < -0.39 is 0 Å². The number of hydrogen-bond acceptors (Lipinski definition) is 2. The first-order valence-electron chi connectivity index (χ1n) is 6.53. The van der Waals surface area contributed by atoms with Gasteiger partial charge < -0.3 is 11.5 Å². The van der Waals surface area contributed by atoms with Crippen molar-refractivity contribution in [3.05, 3.63) is 35.4 Å². The lowest BCUT2D eigenvalue weighted by atomic mass is 9.69. The van der Waals surface area contributed by atoms with Gasteiger partial charge in [-0.1, -0.05) is 45.0 Å². The summed E-state index contributed by atoms with van der Waals surface area (Å²) < 4.78 is 0. The van der Waals surface area contributed by atoms with Gasteiger partial charge >= 0.3 is 0 Å². The zero-order valence-corrected chi connectivity index (χ0v) is 11.2. The first-order chi connectivity index (χ1) is 7.87. The molecule has 0 bridgehead atoms. The van der Waals surface area contributed by atoms with Crippen molar-refractivity contribution in [3.63, 3.8) is 0 Å². The molecule has 1 aromatic rings. The Bertz CT molecular complexity index is 386. The maximum atomic E-state index is 6.33. The molecule has 2 nitrogen and oxygen atoms in total. The van der Waals surface area contributed by atoms with Crippen molar-refractivity contribution in [2.24, 2.45) is 11.5 Å². The van der Waals surface area contributed by atoms with Gasteiger partial charge in [-0.05, 0) is 35.8 Å². The summed E-state index contributed by atoms with van der Waals surface area (Å²) in [6, 6.07) is 9.08. The van der Waals surface area contributed by atoms with Crippen LogP contribution in [0.1, 0.15) is 51.2 Å².